The van der Waals surface area contributed by atoms with Crippen LogP contribution < -0.4 is 4.74 Å². The van der Waals surface area contributed by atoms with E-state index >= 15 is 0 Å². The molecule has 98 valence electrons. The number of carbonyl (C=O) groups excluding carboxylic acids is 1. The lowest BCUT2D eigenvalue weighted by Gasteiger charge is -2.16. The number of ether oxygens (including phenoxy) is 2. The average Bonchev–Trinajstić information content (AvgIpc) is 2.67. The van der Waals surface area contributed by atoms with Gasteiger partial charge in [-0.3, -0.25) is 4.79 Å². The van der Waals surface area contributed by atoms with E-state index in [1.807, 2.05) is 0 Å². The number of aliphatic hydroxyl groups excluding tert-OH is 3. The van der Waals surface area contributed by atoms with E-state index in [0.29, 0.717) is 17.6 Å². The van der Waals surface area contributed by atoms with Gasteiger partial charge in [0.1, 0.15) is 30.3 Å². The van der Waals surface area contributed by atoms with Gasteiger partial charge in [0.05, 0.1) is 6.61 Å². The molecule has 2 rings (SSSR count). The molecule has 0 bridgehead atoms. The fourth-order valence-electron chi connectivity index (χ4n) is 1.72. The van der Waals surface area contributed by atoms with Crippen LogP contribution in [0.4, 0.5) is 0 Å². The van der Waals surface area contributed by atoms with Crippen LogP contribution in [0.2, 0.25) is 0 Å². The third kappa shape index (κ3) is 2.51. The van der Waals surface area contributed by atoms with E-state index in [0.717, 1.165) is 0 Å². The summed E-state index contributed by atoms with van der Waals surface area (Å²) in [5.74, 6) is 0.399. The Morgan fingerprint density at radius 1 is 1.22 bits per heavy atom. The molecule has 1 saturated heterocycles. The maximum atomic E-state index is 10.5. The first-order valence-corrected chi connectivity index (χ1v) is 5.50. The smallest absolute Gasteiger partial charge is 0.229 e. The highest BCUT2D eigenvalue weighted by Crippen LogP contribution is 2.24. The first-order chi connectivity index (χ1) is 8.65. The van der Waals surface area contributed by atoms with Crippen molar-refractivity contribution in [1.82, 2.24) is 0 Å². The normalized spacial score (nSPS) is 31.3. The van der Waals surface area contributed by atoms with Gasteiger partial charge in [-0.05, 0) is 24.3 Å². The van der Waals surface area contributed by atoms with E-state index in [1.165, 1.54) is 0 Å². The minimum absolute atomic E-state index is 0.399. The number of hydrogen-bond donors (Lipinski definition) is 3. The monoisotopic (exact) mass is 254 g/mol. The maximum absolute atomic E-state index is 10.5. The van der Waals surface area contributed by atoms with E-state index in [9.17, 15) is 15.0 Å². The summed E-state index contributed by atoms with van der Waals surface area (Å²) in [6.07, 6.45) is -3.61. The molecule has 1 aliphatic heterocycles. The van der Waals surface area contributed by atoms with Gasteiger partial charge in [0.15, 0.2) is 0 Å². The predicted molar refractivity (Wildman–Crippen MR) is 60.2 cm³/mol. The molecule has 0 saturated carbocycles. The summed E-state index contributed by atoms with van der Waals surface area (Å²) in [7, 11) is 0. The summed E-state index contributed by atoms with van der Waals surface area (Å²) in [5.41, 5.74) is 0.503. The molecule has 6 nitrogen and oxygen atoms in total. The second-order valence-corrected chi connectivity index (χ2v) is 4.01. The van der Waals surface area contributed by atoms with Gasteiger partial charge in [0, 0.05) is 5.56 Å². The highest BCUT2D eigenvalue weighted by Gasteiger charge is 2.43. The molecular formula is C12H14O6. The lowest BCUT2D eigenvalue weighted by atomic mass is 10.1. The number of hydrogen-bond acceptors (Lipinski definition) is 6. The Morgan fingerprint density at radius 2 is 1.89 bits per heavy atom. The molecule has 18 heavy (non-hydrogen) atoms. The Labute approximate surface area is 103 Å². The highest BCUT2D eigenvalue weighted by molar-refractivity contribution is 5.74. The van der Waals surface area contributed by atoms with Gasteiger partial charge in [0.25, 0.3) is 0 Å². The van der Waals surface area contributed by atoms with Crippen molar-refractivity contribution in [2.24, 2.45) is 0 Å². The van der Waals surface area contributed by atoms with Crippen LogP contribution in [0.1, 0.15) is 10.4 Å². The first-order valence-electron chi connectivity index (χ1n) is 5.50. The fraction of sp³-hybridized carbons (Fsp3) is 0.417. The zero-order valence-corrected chi connectivity index (χ0v) is 9.47. The Morgan fingerprint density at radius 3 is 2.39 bits per heavy atom. The quantitative estimate of drug-likeness (QED) is 0.616. The van der Waals surface area contributed by atoms with E-state index in [-0.39, 0.29) is 0 Å². The van der Waals surface area contributed by atoms with Crippen molar-refractivity contribution < 1.29 is 29.6 Å². The van der Waals surface area contributed by atoms with Crippen LogP contribution in [0.15, 0.2) is 24.3 Å². The van der Waals surface area contributed by atoms with Crippen LogP contribution in [-0.4, -0.2) is 52.8 Å². The van der Waals surface area contributed by atoms with Gasteiger partial charge in [-0.1, -0.05) is 0 Å². The van der Waals surface area contributed by atoms with Crippen molar-refractivity contribution >= 4 is 6.29 Å². The van der Waals surface area contributed by atoms with Crippen LogP contribution in [0.25, 0.3) is 0 Å². The zero-order chi connectivity index (χ0) is 13.1. The second kappa shape index (κ2) is 5.45. The van der Waals surface area contributed by atoms with E-state index in [2.05, 4.69) is 0 Å². The van der Waals surface area contributed by atoms with Crippen LogP contribution in [0.3, 0.4) is 0 Å². The summed E-state index contributed by atoms with van der Waals surface area (Å²) in [6, 6.07) is 6.23. The standard InChI is InChI=1S/C12H14O6/c13-5-7-1-3-8(4-2-7)17-12-11(16)10(15)9(6-14)18-12/h1-5,9-12,14-16H,6H2/t9-,10-,11-,12-/m1/s1. The highest BCUT2D eigenvalue weighted by atomic mass is 16.7. The number of rotatable bonds is 4. The van der Waals surface area contributed by atoms with Crippen LogP contribution in [0.5, 0.6) is 5.75 Å². The van der Waals surface area contributed by atoms with E-state index in [4.69, 9.17) is 14.6 Å². The fourth-order valence-corrected chi connectivity index (χ4v) is 1.72. The average molecular weight is 254 g/mol. The molecule has 0 aromatic heterocycles. The summed E-state index contributed by atoms with van der Waals surface area (Å²) in [4.78, 5) is 10.5. The Balaban J connectivity index is 2.02. The molecule has 1 fully saturated rings. The molecule has 0 spiro atoms. The third-order valence-electron chi connectivity index (χ3n) is 2.77. The topological polar surface area (TPSA) is 96.2 Å². The zero-order valence-electron chi connectivity index (χ0n) is 9.47. The third-order valence-corrected chi connectivity index (χ3v) is 2.77. The van der Waals surface area contributed by atoms with Gasteiger partial charge in [-0.2, -0.15) is 0 Å². The summed E-state index contributed by atoms with van der Waals surface area (Å²) in [6.45, 7) is -0.401. The van der Waals surface area contributed by atoms with Crippen LogP contribution in [-0.2, 0) is 4.74 Å². The molecule has 1 aliphatic rings. The molecule has 0 amide bonds. The van der Waals surface area contributed by atoms with Gasteiger partial charge in [-0.25, -0.2) is 0 Å². The number of benzene rings is 1. The molecule has 1 aromatic rings. The molecule has 1 heterocycles. The maximum Gasteiger partial charge on any atom is 0.229 e. The van der Waals surface area contributed by atoms with E-state index < -0.39 is 31.2 Å². The molecule has 0 aliphatic carbocycles. The summed E-state index contributed by atoms with van der Waals surface area (Å²) < 4.78 is 10.5. The van der Waals surface area contributed by atoms with Crippen molar-refractivity contribution in [3.8, 4) is 5.75 Å². The lowest BCUT2D eigenvalue weighted by molar-refractivity contribution is -0.116. The molecule has 3 N–H and O–H groups in total. The molecular weight excluding hydrogens is 240 g/mol. The van der Waals surface area contributed by atoms with Crippen molar-refractivity contribution in [2.45, 2.75) is 24.6 Å². The molecule has 1 aromatic carbocycles. The van der Waals surface area contributed by atoms with E-state index in [1.54, 1.807) is 24.3 Å². The van der Waals surface area contributed by atoms with Crippen molar-refractivity contribution in [3.63, 3.8) is 0 Å². The van der Waals surface area contributed by atoms with Gasteiger partial charge < -0.3 is 24.8 Å². The number of carbonyl (C=O) groups is 1. The first kappa shape index (κ1) is 13.0. The molecule has 0 unspecified atom stereocenters. The van der Waals surface area contributed by atoms with Gasteiger partial charge in [0.2, 0.25) is 6.29 Å². The van der Waals surface area contributed by atoms with Crippen molar-refractivity contribution in [1.29, 1.82) is 0 Å². The number of aldehydes is 1. The minimum atomic E-state index is -1.23. The number of aliphatic hydroxyl groups is 3. The second-order valence-electron chi connectivity index (χ2n) is 4.01. The SMILES string of the molecule is O=Cc1ccc(O[C@@H]2O[C@H](CO)[C@@H](O)[C@H]2O)cc1. The summed E-state index contributed by atoms with van der Waals surface area (Å²) in [5, 5.41) is 28.1. The van der Waals surface area contributed by atoms with Gasteiger partial charge >= 0.3 is 0 Å². The lowest BCUT2D eigenvalue weighted by Crippen LogP contribution is -2.35. The van der Waals surface area contributed by atoms with Crippen molar-refractivity contribution in [2.75, 3.05) is 6.61 Å². The van der Waals surface area contributed by atoms with Crippen LogP contribution in [0, 0.1) is 0 Å². The van der Waals surface area contributed by atoms with Crippen molar-refractivity contribution in [3.05, 3.63) is 29.8 Å². The Bertz CT molecular complexity index is 404. The van der Waals surface area contributed by atoms with Gasteiger partial charge in [-0.15, -0.1) is 0 Å². The summed E-state index contributed by atoms with van der Waals surface area (Å²) >= 11 is 0. The Hall–Kier alpha value is -1.47. The van der Waals surface area contributed by atoms with Crippen LogP contribution >= 0.6 is 0 Å². The molecule has 0 radical (unpaired) electrons. The Kier molecular flexibility index (Phi) is 3.93. The minimum Gasteiger partial charge on any atom is -0.462 e. The molecule has 6 heteroatoms. The largest absolute Gasteiger partial charge is 0.462 e. The predicted octanol–water partition coefficient (Wildman–Crippen LogP) is -0.683. The molecule has 4 atom stereocenters.